The maximum absolute atomic E-state index is 5.22. The molecule has 10 rings (SSSR count). The molecule has 0 spiro atoms. The van der Waals surface area contributed by atoms with Gasteiger partial charge in [-0.25, -0.2) is 19.9 Å². The normalized spacial score (nSPS) is 11.4. The summed E-state index contributed by atoms with van der Waals surface area (Å²) in [5, 5.41) is 2.17. The Bertz CT molecular complexity index is 2930. The number of hydrogen-bond acceptors (Lipinski definition) is 4. The number of benzene rings is 6. The fraction of sp³-hybridized carbons (Fsp3) is 0. The quantitative estimate of drug-likeness (QED) is 0.176. The summed E-state index contributed by atoms with van der Waals surface area (Å²) in [4.78, 5) is 20.4. The van der Waals surface area contributed by atoms with E-state index in [2.05, 4.69) is 144 Å². The van der Waals surface area contributed by atoms with Crippen LogP contribution in [0.25, 0.3) is 95.0 Å². The zero-order chi connectivity index (χ0) is 35.1. The van der Waals surface area contributed by atoms with E-state index in [-0.39, 0.29) is 0 Å². The van der Waals surface area contributed by atoms with E-state index in [0.29, 0.717) is 5.82 Å². The Kier molecular flexibility index (Phi) is 7.40. The zero-order valence-electron chi connectivity index (χ0n) is 28.6. The number of imidazole rings is 1. The second-order valence-corrected chi connectivity index (χ2v) is 13.2. The highest BCUT2D eigenvalue weighted by atomic mass is 15.1. The molecule has 6 aromatic carbocycles. The summed E-state index contributed by atoms with van der Waals surface area (Å²) in [6.45, 7) is 0. The van der Waals surface area contributed by atoms with Crippen LogP contribution in [0.2, 0.25) is 0 Å². The lowest BCUT2D eigenvalue weighted by Crippen LogP contribution is -1.96. The molecule has 0 radical (unpaired) electrons. The lowest BCUT2D eigenvalue weighted by Gasteiger charge is -2.12. The van der Waals surface area contributed by atoms with Crippen molar-refractivity contribution in [3.05, 3.63) is 188 Å². The third-order valence-corrected chi connectivity index (χ3v) is 9.83. The van der Waals surface area contributed by atoms with Gasteiger partial charge >= 0.3 is 0 Å². The van der Waals surface area contributed by atoms with Crippen molar-refractivity contribution in [3.63, 3.8) is 0 Å². The molecule has 0 saturated heterocycles. The summed E-state index contributed by atoms with van der Waals surface area (Å²) >= 11 is 0. The van der Waals surface area contributed by atoms with Crippen molar-refractivity contribution in [2.24, 2.45) is 0 Å². The van der Waals surface area contributed by atoms with Crippen molar-refractivity contribution < 1.29 is 0 Å². The van der Waals surface area contributed by atoms with Crippen molar-refractivity contribution in [2.45, 2.75) is 0 Å². The van der Waals surface area contributed by atoms with E-state index in [9.17, 15) is 0 Å². The lowest BCUT2D eigenvalue weighted by molar-refractivity contribution is 1.18. The maximum Gasteiger partial charge on any atom is 0.165 e. The van der Waals surface area contributed by atoms with Gasteiger partial charge in [0.1, 0.15) is 11.2 Å². The molecule has 0 aliphatic heterocycles. The Morgan fingerprint density at radius 1 is 0.340 bits per heavy atom. The molecule has 0 amide bonds. The zero-order valence-corrected chi connectivity index (χ0v) is 28.6. The smallest absolute Gasteiger partial charge is 0.165 e. The molecule has 5 nitrogen and oxygen atoms in total. The van der Waals surface area contributed by atoms with Crippen molar-refractivity contribution >= 4 is 27.6 Å². The molecule has 0 saturated carbocycles. The number of fused-ring (bicyclic) bond motifs is 5. The van der Waals surface area contributed by atoms with Gasteiger partial charge < -0.3 is 0 Å². The van der Waals surface area contributed by atoms with Crippen LogP contribution >= 0.6 is 0 Å². The molecule has 53 heavy (non-hydrogen) atoms. The Morgan fingerprint density at radius 3 is 1.64 bits per heavy atom. The monoisotopic (exact) mass is 677 g/mol. The van der Waals surface area contributed by atoms with Gasteiger partial charge in [-0.3, -0.25) is 4.40 Å². The highest BCUT2D eigenvalue weighted by Gasteiger charge is 2.16. The standard InChI is InChI=1S/C48H31N5/c1-3-13-32(14-4-1)36-17-11-19-38(29-36)43-31-42(34-15-5-2-6-16-34)49-47(50-43)35-26-24-33(25-27-35)37-18-12-20-39(30-37)45-40-21-7-8-22-41(40)46-48(52-45)53-28-10-9-23-44(53)51-46/h1-31H. The number of rotatable bonds is 6. The van der Waals surface area contributed by atoms with Gasteiger partial charge in [0.15, 0.2) is 11.5 Å². The summed E-state index contributed by atoms with van der Waals surface area (Å²) in [6, 6.07) is 63.0. The fourth-order valence-electron chi connectivity index (χ4n) is 7.18. The molecule has 4 aromatic heterocycles. The van der Waals surface area contributed by atoms with E-state index in [0.717, 1.165) is 83.6 Å². The van der Waals surface area contributed by atoms with Crippen LogP contribution in [0.3, 0.4) is 0 Å². The molecule has 4 heterocycles. The number of nitrogens with zero attached hydrogens (tertiary/aromatic N) is 5. The summed E-state index contributed by atoms with van der Waals surface area (Å²) in [5.74, 6) is 0.684. The number of hydrogen-bond donors (Lipinski definition) is 0. The molecule has 5 heteroatoms. The van der Waals surface area contributed by atoms with Gasteiger partial charge in [0, 0.05) is 39.2 Å². The van der Waals surface area contributed by atoms with Crippen LogP contribution in [-0.2, 0) is 0 Å². The van der Waals surface area contributed by atoms with Crippen molar-refractivity contribution in [1.82, 2.24) is 24.3 Å². The van der Waals surface area contributed by atoms with Gasteiger partial charge in [0.2, 0.25) is 0 Å². The number of pyridine rings is 2. The van der Waals surface area contributed by atoms with E-state index >= 15 is 0 Å². The molecular weight excluding hydrogens is 647 g/mol. The number of aromatic nitrogens is 5. The molecule has 0 atom stereocenters. The minimum absolute atomic E-state index is 0.684. The van der Waals surface area contributed by atoms with E-state index in [1.807, 2.05) is 48.7 Å². The first-order valence-electron chi connectivity index (χ1n) is 17.7. The van der Waals surface area contributed by atoms with Crippen molar-refractivity contribution in [1.29, 1.82) is 0 Å². The first kappa shape index (κ1) is 30.6. The molecular formula is C48H31N5. The van der Waals surface area contributed by atoms with Crippen LogP contribution in [0.5, 0.6) is 0 Å². The average Bonchev–Trinajstić information content (AvgIpc) is 3.63. The fourth-order valence-corrected chi connectivity index (χ4v) is 7.18. The molecule has 0 aliphatic carbocycles. The minimum atomic E-state index is 0.684. The highest BCUT2D eigenvalue weighted by molar-refractivity contribution is 6.09. The van der Waals surface area contributed by atoms with Crippen LogP contribution in [0.1, 0.15) is 0 Å². The maximum atomic E-state index is 5.22. The van der Waals surface area contributed by atoms with Crippen LogP contribution in [0.15, 0.2) is 188 Å². The van der Waals surface area contributed by atoms with E-state index in [4.69, 9.17) is 19.9 Å². The third-order valence-electron chi connectivity index (χ3n) is 9.83. The molecule has 248 valence electrons. The van der Waals surface area contributed by atoms with Crippen molar-refractivity contribution in [3.8, 4) is 67.4 Å². The Morgan fingerprint density at radius 2 is 0.887 bits per heavy atom. The predicted molar refractivity (Wildman–Crippen MR) is 216 cm³/mol. The molecule has 0 N–H and O–H groups in total. The SMILES string of the molecule is c1ccc(-c2cccc(-c3cc(-c4ccccc4)nc(-c4ccc(-c5cccc(-c6nc7c(nc8ccccn87)c7ccccc67)c5)cc4)n3)c2)cc1. The summed E-state index contributed by atoms with van der Waals surface area (Å²) in [5.41, 5.74) is 14.0. The molecule has 0 aliphatic rings. The van der Waals surface area contributed by atoms with Gasteiger partial charge in [-0.1, -0.05) is 152 Å². The summed E-state index contributed by atoms with van der Waals surface area (Å²) in [6.07, 6.45) is 2.03. The summed E-state index contributed by atoms with van der Waals surface area (Å²) in [7, 11) is 0. The Labute approximate surface area is 306 Å². The van der Waals surface area contributed by atoms with Gasteiger partial charge in [-0.15, -0.1) is 0 Å². The van der Waals surface area contributed by atoms with Crippen LogP contribution in [0, 0.1) is 0 Å². The Hall–Kier alpha value is -7.24. The van der Waals surface area contributed by atoms with Gasteiger partial charge in [-0.2, -0.15) is 0 Å². The predicted octanol–water partition coefficient (Wildman–Crippen LogP) is 11.8. The van der Waals surface area contributed by atoms with Gasteiger partial charge in [0.25, 0.3) is 0 Å². The topological polar surface area (TPSA) is 56.0 Å². The molecule has 0 fully saturated rings. The van der Waals surface area contributed by atoms with E-state index in [1.54, 1.807) is 0 Å². The Balaban J connectivity index is 1.04. The third kappa shape index (κ3) is 5.61. The van der Waals surface area contributed by atoms with Gasteiger partial charge in [0.05, 0.1) is 17.1 Å². The lowest BCUT2D eigenvalue weighted by atomic mass is 9.98. The largest absolute Gasteiger partial charge is 0.284 e. The van der Waals surface area contributed by atoms with Crippen LogP contribution in [-0.4, -0.2) is 24.3 Å². The average molecular weight is 678 g/mol. The van der Waals surface area contributed by atoms with E-state index < -0.39 is 0 Å². The first-order valence-corrected chi connectivity index (χ1v) is 17.7. The molecule has 0 unspecified atom stereocenters. The molecule has 0 bridgehead atoms. The van der Waals surface area contributed by atoms with Crippen LogP contribution in [0.4, 0.5) is 0 Å². The van der Waals surface area contributed by atoms with Gasteiger partial charge in [-0.05, 0) is 52.6 Å². The first-order chi connectivity index (χ1) is 26.2. The molecule has 10 aromatic rings. The van der Waals surface area contributed by atoms with Crippen LogP contribution < -0.4 is 0 Å². The summed E-state index contributed by atoms with van der Waals surface area (Å²) < 4.78 is 2.06. The van der Waals surface area contributed by atoms with E-state index in [1.165, 1.54) is 5.56 Å². The second-order valence-electron chi connectivity index (χ2n) is 13.2. The van der Waals surface area contributed by atoms with Crippen molar-refractivity contribution in [2.75, 3.05) is 0 Å². The minimum Gasteiger partial charge on any atom is -0.284 e. The second kappa shape index (κ2) is 12.8. The highest BCUT2D eigenvalue weighted by Crippen LogP contribution is 2.35.